The fourth-order valence-corrected chi connectivity index (χ4v) is 3.61. The maximum Gasteiger partial charge on any atom is 0.0424 e. The quantitative estimate of drug-likeness (QED) is 0.918. The van der Waals surface area contributed by atoms with Gasteiger partial charge in [0.25, 0.3) is 0 Å². The van der Waals surface area contributed by atoms with Crippen molar-refractivity contribution in [2.24, 2.45) is 5.73 Å². The summed E-state index contributed by atoms with van der Waals surface area (Å²) in [6, 6.07) is 16.5. The van der Waals surface area contributed by atoms with E-state index < -0.39 is 0 Å². The number of likely N-dealkylation sites (tertiary alicyclic amines) is 1. The van der Waals surface area contributed by atoms with Crippen LogP contribution in [0, 0.1) is 0 Å². The smallest absolute Gasteiger partial charge is 0.0424 e. The molecule has 21 heavy (non-hydrogen) atoms. The molecule has 2 heteroatoms. The molecule has 2 N–H and O–H groups in total. The van der Waals surface area contributed by atoms with Gasteiger partial charge in [0.15, 0.2) is 0 Å². The Labute approximate surface area is 127 Å². The molecule has 1 saturated heterocycles. The molecule has 1 fully saturated rings. The fraction of sp³-hybridized carbons (Fsp3) is 0.474. The van der Waals surface area contributed by atoms with Crippen molar-refractivity contribution in [1.82, 2.24) is 4.90 Å². The molecular weight excluding hydrogens is 256 g/mol. The standard InChI is InChI=1S/C19H26N2/c1-14-6-5-7-15(2)21(14)13-19(20)18-11-10-16-8-3-4-9-17(16)12-18/h3-4,8-12,14-15,19H,5-7,13,20H2,1-2H3. The minimum atomic E-state index is 0.0950. The van der Waals surface area contributed by atoms with Gasteiger partial charge < -0.3 is 5.73 Å². The van der Waals surface area contributed by atoms with Gasteiger partial charge in [-0.05, 0) is 49.1 Å². The second kappa shape index (κ2) is 6.17. The van der Waals surface area contributed by atoms with Crippen molar-refractivity contribution in [3.8, 4) is 0 Å². The van der Waals surface area contributed by atoms with Gasteiger partial charge in [-0.1, -0.05) is 42.8 Å². The SMILES string of the molecule is CC1CCCC(C)N1CC(N)c1ccc2ccccc2c1. The monoisotopic (exact) mass is 282 g/mol. The van der Waals surface area contributed by atoms with E-state index in [1.54, 1.807) is 0 Å². The third-order valence-corrected chi connectivity index (χ3v) is 4.99. The van der Waals surface area contributed by atoms with Crippen molar-refractivity contribution < 1.29 is 0 Å². The Morgan fingerprint density at radius 2 is 1.71 bits per heavy atom. The molecule has 2 aromatic rings. The highest BCUT2D eigenvalue weighted by Crippen LogP contribution is 2.26. The highest BCUT2D eigenvalue weighted by Gasteiger charge is 2.26. The van der Waals surface area contributed by atoms with Crippen LogP contribution >= 0.6 is 0 Å². The van der Waals surface area contributed by atoms with Crippen molar-refractivity contribution in [3.63, 3.8) is 0 Å². The van der Waals surface area contributed by atoms with E-state index in [1.807, 2.05) is 0 Å². The van der Waals surface area contributed by atoms with Crippen LogP contribution in [0.25, 0.3) is 10.8 Å². The maximum atomic E-state index is 6.50. The average molecular weight is 282 g/mol. The van der Waals surface area contributed by atoms with E-state index in [4.69, 9.17) is 5.73 Å². The number of hydrogen-bond acceptors (Lipinski definition) is 2. The summed E-state index contributed by atoms with van der Waals surface area (Å²) in [5.74, 6) is 0. The van der Waals surface area contributed by atoms with Crippen molar-refractivity contribution in [1.29, 1.82) is 0 Å². The molecule has 0 aromatic heterocycles. The third-order valence-electron chi connectivity index (χ3n) is 4.99. The second-order valence-corrected chi connectivity index (χ2v) is 6.54. The first-order valence-corrected chi connectivity index (χ1v) is 8.15. The minimum Gasteiger partial charge on any atom is -0.323 e. The summed E-state index contributed by atoms with van der Waals surface area (Å²) < 4.78 is 0. The van der Waals surface area contributed by atoms with Crippen LogP contribution in [-0.2, 0) is 0 Å². The zero-order chi connectivity index (χ0) is 14.8. The first-order valence-electron chi connectivity index (χ1n) is 8.15. The van der Waals surface area contributed by atoms with E-state index in [1.165, 1.54) is 35.6 Å². The highest BCUT2D eigenvalue weighted by molar-refractivity contribution is 5.83. The van der Waals surface area contributed by atoms with Crippen LogP contribution in [0.15, 0.2) is 42.5 Å². The first-order chi connectivity index (χ1) is 10.1. The second-order valence-electron chi connectivity index (χ2n) is 6.54. The molecule has 3 unspecified atom stereocenters. The zero-order valence-corrected chi connectivity index (χ0v) is 13.1. The van der Waals surface area contributed by atoms with Crippen molar-refractivity contribution >= 4 is 10.8 Å². The summed E-state index contributed by atoms with van der Waals surface area (Å²) in [6.45, 7) is 5.63. The molecule has 2 aromatic carbocycles. The molecular formula is C19H26N2. The summed E-state index contributed by atoms with van der Waals surface area (Å²) in [4.78, 5) is 2.59. The van der Waals surface area contributed by atoms with Crippen molar-refractivity contribution in [3.05, 3.63) is 48.0 Å². The van der Waals surface area contributed by atoms with Crippen LogP contribution in [0.2, 0.25) is 0 Å². The summed E-state index contributed by atoms with van der Waals surface area (Å²) in [5.41, 5.74) is 7.75. The van der Waals surface area contributed by atoms with Crippen LogP contribution in [-0.4, -0.2) is 23.5 Å². The van der Waals surface area contributed by atoms with Crippen LogP contribution in [0.1, 0.15) is 44.7 Å². The molecule has 0 amide bonds. The van der Waals surface area contributed by atoms with E-state index in [-0.39, 0.29) is 6.04 Å². The lowest BCUT2D eigenvalue weighted by atomic mass is 9.95. The van der Waals surface area contributed by atoms with E-state index in [0.717, 1.165) is 6.54 Å². The predicted octanol–water partition coefficient (Wildman–Crippen LogP) is 4.10. The molecule has 0 spiro atoms. The molecule has 3 rings (SSSR count). The topological polar surface area (TPSA) is 29.3 Å². The van der Waals surface area contributed by atoms with Crippen LogP contribution in [0.3, 0.4) is 0 Å². The van der Waals surface area contributed by atoms with Gasteiger partial charge in [0.2, 0.25) is 0 Å². The molecule has 0 saturated carbocycles. The van der Waals surface area contributed by atoms with Crippen molar-refractivity contribution in [2.75, 3.05) is 6.54 Å². The van der Waals surface area contributed by atoms with E-state index in [0.29, 0.717) is 12.1 Å². The van der Waals surface area contributed by atoms with E-state index in [2.05, 4.69) is 61.2 Å². The summed E-state index contributed by atoms with van der Waals surface area (Å²) >= 11 is 0. The Kier molecular flexibility index (Phi) is 4.27. The van der Waals surface area contributed by atoms with Crippen LogP contribution in [0.4, 0.5) is 0 Å². The molecule has 1 aliphatic heterocycles. The van der Waals surface area contributed by atoms with E-state index >= 15 is 0 Å². The number of nitrogens with zero attached hydrogens (tertiary/aromatic N) is 1. The summed E-state index contributed by atoms with van der Waals surface area (Å²) in [7, 11) is 0. The Hall–Kier alpha value is -1.38. The van der Waals surface area contributed by atoms with Gasteiger partial charge in [-0.2, -0.15) is 0 Å². The number of hydrogen-bond donors (Lipinski definition) is 1. The number of rotatable bonds is 3. The lowest BCUT2D eigenvalue weighted by molar-refractivity contribution is 0.0961. The minimum absolute atomic E-state index is 0.0950. The molecule has 112 valence electrons. The molecule has 2 nitrogen and oxygen atoms in total. The molecule has 1 heterocycles. The van der Waals surface area contributed by atoms with Gasteiger partial charge in [0, 0.05) is 24.7 Å². The van der Waals surface area contributed by atoms with Crippen LogP contribution in [0.5, 0.6) is 0 Å². The number of fused-ring (bicyclic) bond motifs is 1. The third kappa shape index (κ3) is 3.12. The van der Waals surface area contributed by atoms with Gasteiger partial charge in [-0.3, -0.25) is 4.90 Å². The Morgan fingerprint density at radius 1 is 1.05 bits per heavy atom. The Bertz CT molecular complexity index is 597. The van der Waals surface area contributed by atoms with Gasteiger partial charge in [0.05, 0.1) is 0 Å². The van der Waals surface area contributed by atoms with Gasteiger partial charge in [-0.25, -0.2) is 0 Å². The lowest BCUT2D eigenvalue weighted by Gasteiger charge is -2.40. The van der Waals surface area contributed by atoms with Crippen molar-refractivity contribution in [2.45, 2.75) is 51.2 Å². The largest absolute Gasteiger partial charge is 0.323 e. The first kappa shape index (κ1) is 14.6. The molecule has 0 aliphatic carbocycles. The molecule has 0 bridgehead atoms. The number of piperidine rings is 1. The highest BCUT2D eigenvalue weighted by atomic mass is 15.2. The maximum absolute atomic E-state index is 6.50. The average Bonchev–Trinajstić information content (AvgIpc) is 2.50. The normalized spacial score (nSPS) is 25.1. The Balaban J connectivity index is 1.78. The van der Waals surface area contributed by atoms with E-state index in [9.17, 15) is 0 Å². The number of benzene rings is 2. The predicted molar refractivity (Wildman–Crippen MR) is 90.4 cm³/mol. The lowest BCUT2D eigenvalue weighted by Crippen LogP contribution is -2.46. The summed E-state index contributed by atoms with van der Waals surface area (Å²) in [5, 5.41) is 2.57. The zero-order valence-electron chi connectivity index (χ0n) is 13.1. The molecule has 0 radical (unpaired) electrons. The van der Waals surface area contributed by atoms with Crippen LogP contribution < -0.4 is 5.73 Å². The fourth-order valence-electron chi connectivity index (χ4n) is 3.61. The van der Waals surface area contributed by atoms with Gasteiger partial charge in [0.1, 0.15) is 0 Å². The number of nitrogens with two attached hydrogens (primary N) is 1. The van der Waals surface area contributed by atoms with Gasteiger partial charge in [-0.15, -0.1) is 0 Å². The summed E-state index contributed by atoms with van der Waals surface area (Å²) in [6.07, 6.45) is 3.95. The van der Waals surface area contributed by atoms with Gasteiger partial charge >= 0.3 is 0 Å². The molecule has 1 aliphatic rings. The Morgan fingerprint density at radius 3 is 2.43 bits per heavy atom. The molecule has 3 atom stereocenters.